The number of aromatic nitrogens is 2. The second-order valence-electron chi connectivity index (χ2n) is 8.41. The number of allylic oxidation sites excluding steroid dienone is 2. The summed E-state index contributed by atoms with van der Waals surface area (Å²) in [5.74, 6) is 3.62. The summed E-state index contributed by atoms with van der Waals surface area (Å²) in [6, 6.07) is 1.89. The molecule has 0 radical (unpaired) electrons. The lowest BCUT2D eigenvalue weighted by atomic mass is 10.0. The van der Waals surface area contributed by atoms with Crippen LogP contribution in [0.5, 0.6) is 11.5 Å². The molecular formula is C25H29IN6O2. The van der Waals surface area contributed by atoms with E-state index < -0.39 is 0 Å². The van der Waals surface area contributed by atoms with Crippen LogP contribution in [0.3, 0.4) is 0 Å². The summed E-state index contributed by atoms with van der Waals surface area (Å²) in [6.45, 7) is 9.12. The van der Waals surface area contributed by atoms with Crippen LogP contribution in [0.2, 0.25) is 0 Å². The maximum Gasteiger partial charge on any atom is 0.139 e. The van der Waals surface area contributed by atoms with Gasteiger partial charge in [0.1, 0.15) is 29.0 Å². The van der Waals surface area contributed by atoms with Crippen molar-refractivity contribution < 1.29 is 9.47 Å². The Kier molecular flexibility index (Phi) is 7.50. The fourth-order valence-electron chi connectivity index (χ4n) is 3.90. The largest absolute Gasteiger partial charge is 0.492 e. The molecule has 0 aliphatic carbocycles. The molecule has 0 unspecified atom stereocenters. The average molecular weight is 572 g/mol. The maximum absolute atomic E-state index is 8.28. The van der Waals surface area contributed by atoms with Crippen molar-refractivity contribution in [3.05, 3.63) is 58.8 Å². The van der Waals surface area contributed by atoms with Crippen molar-refractivity contribution in [1.82, 2.24) is 15.3 Å². The van der Waals surface area contributed by atoms with Crippen LogP contribution in [0.15, 0.2) is 47.1 Å². The highest BCUT2D eigenvalue weighted by Crippen LogP contribution is 2.34. The van der Waals surface area contributed by atoms with Gasteiger partial charge in [-0.1, -0.05) is 12.5 Å². The van der Waals surface area contributed by atoms with Crippen molar-refractivity contribution in [2.45, 2.75) is 46.6 Å². The summed E-state index contributed by atoms with van der Waals surface area (Å²) in [5, 5.41) is 15.0. The van der Waals surface area contributed by atoms with E-state index >= 15 is 0 Å². The van der Waals surface area contributed by atoms with E-state index in [0.29, 0.717) is 40.7 Å². The van der Waals surface area contributed by atoms with Crippen molar-refractivity contribution in [2.75, 3.05) is 18.5 Å². The second-order valence-corrected chi connectivity index (χ2v) is 9.48. The third kappa shape index (κ3) is 5.24. The van der Waals surface area contributed by atoms with E-state index in [-0.39, 0.29) is 6.10 Å². The van der Waals surface area contributed by atoms with E-state index in [1.54, 1.807) is 12.4 Å². The topological polar surface area (TPSA) is 105 Å². The van der Waals surface area contributed by atoms with Crippen LogP contribution in [-0.2, 0) is 6.42 Å². The van der Waals surface area contributed by atoms with E-state index in [1.807, 2.05) is 61.7 Å². The lowest BCUT2D eigenvalue weighted by molar-refractivity contribution is 0.176. The van der Waals surface area contributed by atoms with Gasteiger partial charge in [0.05, 0.1) is 28.5 Å². The minimum atomic E-state index is -0.108. The molecule has 2 aliphatic heterocycles. The standard InChI is InChI=1S/C25H29IN6O2/c1-5-16-11-28-12-18-23(16)33-9-7-15(4)34-19-10-21(31-20-6-8-29-25(18)32-20)30-13-17(19)22(14(2)3)24(26)27/h6,10-13,15,27H,5,7-9H2,1-4H3,(H,29,32)(H,30,31)/t15-/m0/s1. The summed E-state index contributed by atoms with van der Waals surface area (Å²) in [6.07, 6.45) is 8.76. The Bertz CT molecular complexity index is 1200. The van der Waals surface area contributed by atoms with Gasteiger partial charge in [0.25, 0.3) is 0 Å². The number of amidine groups is 1. The van der Waals surface area contributed by atoms with Crippen LogP contribution in [0, 0.1) is 5.41 Å². The van der Waals surface area contributed by atoms with Gasteiger partial charge in [-0.2, -0.15) is 0 Å². The number of pyridine rings is 2. The van der Waals surface area contributed by atoms with Crippen molar-refractivity contribution in [1.29, 1.82) is 5.41 Å². The summed E-state index contributed by atoms with van der Waals surface area (Å²) in [5.41, 5.74) is 4.55. The van der Waals surface area contributed by atoms with Gasteiger partial charge >= 0.3 is 0 Å². The Morgan fingerprint density at radius 3 is 2.79 bits per heavy atom. The fourth-order valence-corrected chi connectivity index (χ4v) is 4.73. The highest BCUT2D eigenvalue weighted by molar-refractivity contribution is 14.1. The normalized spacial score (nSPS) is 17.3. The first-order chi connectivity index (χ1) is 16.4. The number of nitrogens with zero attached hydrogens (tertiary/aromatic N) is 3. The first-order valence-electron chi connectivity index (χ1n) is 11.3. The molecular weight excluding hydrogens is 543 g/mol. The number of hydrogen-bond acceptors (Lipinski definition) is 8. The zero-order chi connectivity index (χ0) is 24.2. The second kappa shape index (κ2) is 10.5. The van der Waals surface area contributed by atoms with Gasteiger partial charge < -0.3 is 20.1 Å². The SMILES string of the molecule is CCc1cncc2c1OCC[C@H](C)Oc1cc(ncc1C(C(=N)I)=C(C)C)NC1=CCN=C2N1. The maximum atomic E-state index is 8.28. The number of anilines is 1. The summed E-state index contributed by atoms with van der Waals surface area (Å²) in [4.78, 5) is 13.7. The van der Waals surface area contributed by atoms with E-state index in [9.17, 15) is 0 Å². The molecule has 0 saturated heterocycles. The molecule has 1 atom stereocenters. The van der Waals surface area contributed by atoms with E-state index in [4.69, 9.17) is 14.9 Å². The number of fused-ring (bicyclic) bond motifs is 6. The van der Waals surface area contributed by atoms with Gasteiger partial charge in [-0.05, 0) is 55.9 Å². The molecule has 0 amide bonds. The highest BCUT2D eigenvalue weighted by Gasteiger charge is 2.21. The summed E-state index contributed by atoms with van der Waals surface area (Å²) in [7, 11) is 0. The monoisotopic (exact) mass is 572 g/mol. The molecule has 4 rings (SSSR count). The molecule has 34 heavy (non-hydrogen) atoms. The van der Waals surface area contributed by atoms with Gasteiger partial charge in [0, 0.05) is 47.8 Å². The molecule has 4 bridgehead atoms. The quantitative estimate of drug-likeness (QED) is 0.350. The van der Waals surface area contributed by atoms with E-state index in [2.05, 4.69) is 32.5 Å². The zero-order valence-electron chi connectivity index (χ0n) is 19.8. The van der Waals surface area contributed by atoms with Crippen molar-refractivity contribution in [3.8, 4) is 11.5 Å². The first kappa shape index (κ1) is 24.2. The van der Waals surface area contributed by atoms with Gasteiger partial charge in [-0.3, -0.25) is 15.4 Å². The first-order valence-corrected chi connectivity index (χ1v) is 12.4. The van der Waals surface area contributed by atoms with Gasteiger partial charge in [-0.25, -0.2) is 4.98 Å². The highest BCUT2D eigenvalue weighted by atomic mass is 127. The number of aliphatic imine (C=N–C) groups is 1. The lowest BCUT2D eigenvalue weighted by Gasteiger charge is -2.24. The van der Waals surface area contributed by atoms with Crippen molar-refractivity contribution >= 4 is 43.5 Å². The third-order valence-electron chi connectivity index (χ3n) is 5.62. The van der Waals surface area contributed by atoms with Gasteiger partial charge in [0.15, 0.2) is 0 Å². The number of halogens is 1. The van der Waals surface area contributed by atoms with Crippen LogP contribution >= 0.6 is 22.6 Å². The average Bonchev–Trinajstić information content (AvgIpc) is 2.80. The Morgan fingerprint density at radius 2 is 2.06 bits per heavy atom. The summed E-state index contributed by atoms with van der Waals surface area (Å²) >= 11 is 2.04. The smallest absolute Gasteiger partial charge is 0.139 e. The molecule has 0 fully saturated rings. The zero-order valence-corrected chi connectivity index (χ0v) is 22.0. The molecule has 0 aromatic carbocycles. The fraction of sp³-hybridized carbons (Fsp3) is 0.360. The minimum Gasteiger partial charge on any atom is -0.492 e. The van der Waals surface area contributed by atoms with Crippen LogP contribution in [-0.4, -0.2) is 38.8 Å². The molecule has 2 aromatic rings. The number of ether oxygens (including phenoxy) is 2. The van der Waals surface area contributed by atoms with Crippen molar-refractivity contribution in [3.63, 3.8) is 0 Å². The minimum absolute atomic E-state index is 0.108. The molecule has 178 valence electrons. The molecule has 9 heteroatoms. The van der Waals surface area contributed by atoms with E-state index in [0.717, 1.165) is 45.8 Å². The predicted molar refractivity (Wildman–Crippen MR) is 144 cm³/mol. The number of rotatable bonds is 3. The Balaban J connectivity index is 1.76. The van der Waals surface area contributed by atoms with Crippen LogP contribution in [0.25, 0.3) is 5.57 Å². The lowest BCUT2D eigenvalue weighted by Crippen LogP contribution is -2.32. The number of hydrogen-bond donors (Lipinski definition) is 3. The Labute approximate surface area is 213 Å². The molecule has 8 nitrogen and oxygen atoms in total. The van der Waals surface area contributed by atoms with Gasteiger partial charge in [0.2, 0.25) is 0 Å². The van der Waals surface area contributed by atoms with Crippen LogP contribution in [0.4, 0.5) is 5.82 Å². The van der Waals surface area contributed by atoms with Crippen LogP contribution in [0.1, 0.15) is 50.8 Å². The van der Waals surface area contributed by atoms with Crippen molar-refractivity contribution in [2.24, 2.45) is 4.99 Å². The number of aryl methyl sites for hydroxylation is 1. The Morgan fingerprint density at radius 1 is 1.24 bits per heavy atom. The summed E-state index contributed by atoms with van der Waals surface area (Å²) < 4.78 is 13.1. The molecule has 2 aromatic heterocycles. The van der Waals surface area contributed by atoms with Gasteiger partial charge in [-0.15, -0.1) is 0 Å². The molecule has 4 heterocycles. The Hall–Kier alpha value is -2.95. The molecule has 0 saturated carbocycles. The van der Waals surface area contributed by atoms with E-state index in [1.165, 1.54) is 0 Å². The number of nitrogens with one attached hydrogen (secondary N) is 3. The molecule has 2 aliphatic rings. The molecule has 3 N–H and O–H groups in total. The van der Waals surface area contributed by atoms with Crippen LogP contribution < -0.4 is 20.1 Å². The third-order valence-corrected chi connectivity index (χ3v) is 6.16. The predicted octanol–water partition coefficient (Wildman–Crippen LogP) is 5.10. The molecule has 0 spiro atoms.